The van der Waals surface area contributed by atoms with Crippen molar-refractivity contribution in [3.63, 3.8) is 0 Å². The number of hydrogen-bond acceptors (Lipinski definition) is 4. The summed E-state index contributed by atoms with van der Waals surface area (Å²) in [6.07, 6.45) is 2.74. The van der Waals surface area contributed by atoms with Crippen LogP contribution in [-0.4, -0.2) is 56.8 Å². The molecule has 0 aliphatic carbocycles. The second kappa shape index (κ2) is 5.89. The minimum atomic E-state index is -3.61. The van der Waals surface area contributed by atoms with Gasteiger partial charge in [0.1, 0.15) is 10.6 Å². The van der Waals surface area contributed by atoms with E-state index >= 15 is 0 Å². The quantitative estimate of drug-likeness (QED) is 0.838. The normalized spacial score (nSPS) is 19.0. The average molecular weight is 324 g/mol. The Hall–Kier alpha value is -1.60. The Kier molecular flexibility index (Phi) is 4.10. The number of amides is 1. The number of ether oxygens (including phenoxy) is 1. The summed E-state index contributed by atoms with van der Waals surface area (Å²) in [5, 5.41) is 0. The molecule has 0 spiro atoms. The highest BCUT2D eigenvalue weighted by Gasteiger charge is 2.31. The molecule has 120 valence electrons. The van der Waals surface area contributed by atoms with Crippen molar-refractivity contribution < 1.29 is 17.9 Å². The number of hydrogen-bond donors (Lipinski definition) is 0. The van der Waals surface area contributed by atoms with Gasteiger partial charge >= 0.3 is 0 Å². The van der Waals surface area contributed by atoms with E-state index in [0.717, 1.165) is 32.4 Å². The number of methoxy groups -OCH3 is 1. The van der Waals surface area contributed by atoms with Crippen LogP contribution in [0.1, 0.15) is 29.6 Å². The van der Waals surface area contributed by atoms with Crippen molar-refractivity contribution in [2.45, 2.75) is 24.2 Å². The minimum Gasteiger partial charge on any atom is -0.495 e. The highest BCUT2D eigenvalue weighted by atomic mass is 32.2. The summed E-state index contributed by atoms with van der Waals surface area (Å²) in [5.41, 5.74) is 0.401. The maximum atomic E-state index is 12.8. The molecular weight excluding hydrogens is 304 g/mol. The Balaban J connectivity index is 1.99. The van der Waals surface area contributed by atoms with Crippen molar-refractivity contribution in [1.82, 2.24) is 9.21 Å². The van der Waals surface area contributed by atoms with E-state index in [1.807, 2.05) is 0 Å². The minimum absolute atomic E-state index is 0.0864. The van der Waals surface area contributed by atoms with Gasteiger partial charge in [0.25, 0.3) is 5.91 Å². The molecule has 0 unspecified atom stereocenters. The molecule has 2 fully saturated rings. The summed E-state index contributed by atoms with van der Waals surface area (Å²) >= 11 is 0. The molecule has 22 heavy (non-hydrogen) atoms. The van der Waals surface area contributed by atoms with Crippen LogP contribution in [-0.2, 0) is 10.0 Å². The zero-order chi connectivity index (χ0) is 15.7. The molecule has 1 aromatic rings. The average Bonchev–Trinajstić information content (AvgIpc) is 2.99. The third kappa shape index (κ3) is 2.59. The first-order valence-electron chi connectivity index (χ1n) is 7.51. The van der Waals surface area contributed by atoms with E-state index in [4.69, 9.17) is 4.74 Å². The van der Waals surface area contributed by atoms with E-state index in [9.17, 15) is 13.2 Å². The molecule has 2 saturated heterocycles. The van der Waals surface area contributed by atoms with Gasteiger partial charge in [0, 0.05) is 31.7 Å². The molecule has 2 heterocycles. The van der Waals surface area contributed by atoms with Crippen LogP contribution < -0.4 is 4.74 Å². The van der Waals surface area contributed by atoms with Gasteiger partial charge in [-0.05, 0) is 37.5 Å². The van der Waals surface area contributed by atoms with Crippen LogP contribution in [0.15, 0.2) is 23.1 Å². The Morgan fingerprint density at radius 2 is 1.77 bits per heavy atom. The summed E-state index contributed by atoms with van der Waals surface area (Å²) in [4.78, 5) is 14.1. The first-order chi connectivity index (χ1) is 10.5. The number of sulfonamides is 1. The fourth-order valence-electron chi connectivity index (χ4n) is 2.78. The summed E-state index contributed by atoms with van der Waals surface area (Å²) in [7, 11) is -2.17. The lowest BCUT2D eigenvalue weighted by Crippen LogP contribution is -2.42. The maximum Gasteiger partial charge on any atom is 0.253 e. The van der Waals surface area contributed by atoms with Crippen LogP contribution in [0.2, 0.25) is 0 Å². The predicted octanol–water partition coefficient (Wildman–Crippen LogP) is 1.33. The van der Waals surface area contributed by atoms with Gasteiger partial charge in [-0.25, -0.2) is 8.42 Å². The lowest BCUT2D eigenvalue weighted by molar-refractivity contribution is 0.0651. The van der Waals surface area contributed by atoms with Crippen LogP contribution in [0.3, 0.4) is 0 Å². The predicted molar refractivity (Wildman–Crippen MR) is 81.5 cm³/mol. The molecular formula is C15H20N2O4S. The zero-order valence-corrected chi connectivity index (χ0v) is 13.4. The van der Waals surface area contributed by atoms with E-state index in [1.165, 1.54) is 17.5 Å². The van der Waals surface area contributed by atoms with Crippen molar-refractivity contribution in [1.29, 1.82) is 0 Å². The third-order valence-corrected chi connectivity index (χ3v) is 6.16. The Labute approximate surface area is 130 Å². The molecule has 0 bridgehead atoms. The summed E-state index contributed by atoms with van der Waals surface area (Å²) < 4.78 is 32.2. The largest absolute Gasteiger partial charge is 0.495 e. The van der Waals surface area contributed by atoms with Crippen molar-refractivity contribution in [2.75, 3.05) is 33.3 Å². The van der Waals surface area contributed by atoms with Gasteiger partial charge in [-0.1, -0.05) is 0 Å². The second-order valence-corrected chi connectivity index (χ2v) is 7.53. The fourth-order valence-corrected chi connectivity index (χ4v) is 4.48. The molecule has 0 aromatic heterocycles. The van der Waals surface area contributed by atoms with Gasteiger partial charge in [-0.3, -0.25) is 4.79 Å². The zero-order valence-electron chi connectivity index (χ0n) is 12.6. The van der Waals surface area contributed by atoms with E-state index < -0.39 is 10.0 Å². The van der Waals surface area contributed by atoms with Gasteiger partial charge in [0.2, 0.25) is 10.0 Å². The van der Waals surface area contributed by atoms with Crippen molar-refractivity contribution in [3.05, 3.63) is 23.8 Å². The molecule has 1 aromatic carbocycles. The highest BCUT2D eigenvalue weighted by Crippen LogP contribution is 2.30. The monoisotopic (exact) mass is 324 g/mol. The van der Waals surface area contributed by atoms with E-state index in [-0.39, 0.29) is 16.6 Å². The summed E-state index contributed by atoms with van der Waals surface area (Å²) in [6.45, 7) is 2.52. The maximum absolute atomic E-state index is 12.8. The Bertz CT molecular complexity index is 677. The fraction of sp³-hybridized carbons (Fsp3) is 0.533. The van der Waals surface area contributed by atoms with Crippen molar-refractivity contribution in [2.24, 2.45) is 0 Å². The first-order valence-corrected chi connectivity index (χ1v) is 8.95. The van der Waals surface area contributed by atoms with Crippen LogP contribution in [0, 0.1) is 0 Å². The van der Waals surface area contributed by atoms with Crippen molar-refractivity contribution in [3.8, 4) is 5.75 Å². The third-order valence-electron chi connectivity index (χ3n) is 4.24. The van der Waals surface area contributed by atoms with Gasteiger partial charge in [-0.2, -0.15) is 4.31 Å². The molecule has 0 atom stereocenters. The molecule has 2 aliphatic heterocycles. The van der Waals surface area contributed by atoms with Crippen LogP contribution >= 0.6 is 0 Å². The number of nitrogens with zero attached hydrogens (tertiary/aromatic N) is 2. The number of likely N-dealkylation sites (tertiary alicyclic amines) is 1. The smallest absolute Gasteiger partial charge is 0.253 e. The Morgan fingerprint density at radius 1 is 1.09 bits per heavy atom. The first kappa shape index (κ1) is 15.3. The summed E-state index contributed by atoms with van der Waals surface area (Å²) in [5.74, 6) is 0.166. The van der Waals surface area contributed by atoms with Crippen molar-refractivity contribution >= 4 is 15.9 Å². The van der Waals surface area contributed by atoms with E-state index in [0.29, 0.717) is 18.7 Å². The molecule has 0 saturated carbocycles. The van der Waals surface area contributed by atoms with E-state index in [2.05, 4.69) is 0 Å². The number of carbonyl (C=O) groups is 1. The standard InChI is InChI=1S/C15H20N2O4S/c1-21-13-6-5-12(15(18)16-7-4-8-16)11-14(13)22(19,20)17-9-2-3-10-17/h5-6,11H,2-4,7-10H2,1H3. The summed E-state index contributed by atoms with van der Waals surface area (Å²) in [6, 6.07) is 4.64. The SMILES string of the molecule is COc1ccc(C(=O)N2CCC2)cc1S(=O)(=O)N1CCCC1. The Morgan fingerprint density at radius 3 is 2.32 bits per heavy atom. The molecule has 0 radical (unpaired) electrons. The second-order valence-electron chi connectivity index (χ2n) is 5.62. The molecule has 6 nitrogen and oxygen atoms in total. The molecule has 0 N–H and O–H groups in total. The van der Waals surface area contributed by atoms with Gasteiger partial charge in [0.05, 0.1) is 7.11 Å². The molecule has 3 rings (SSSR count). The number of carbonyl (C=O) groups excluding carboxylic acids is 1. The molecule has 7 heteroatoms. The number of benzene rings is 1. The molecule has 1 amide bonds. The van der Waals surface area contributed by atoms with Crippen LogP contribution in [0.25, 0.3) is 0 Å². The van der Waals surface area contributed by atoms with Crippen LogP contribution in [0.5, 0.6) is 5.75 Å². The van der Waals surface area contributed by atoms with Gasteiger partial charge in [0.15, 0.2) is 0 Å². The highest BCUT2D eigenvalue weighted by molar-refractivity contribution is 7.89. The van der Waals surface area contributed by atoms with Gasteiger partial charge < -0.3 is 9.64 Å². The van der Waals surface area contributed by atoms with Crippen LogP contribution in [0.4, 0.5) is 0 Å². The molecule has 2 aliphatic rings. The van der Waals surface area contributed by atoms with E-state index in [1.54, 1.807) is 17.0 Å². The lowest BCUT2D eigenvalue weighted by atomic mass is 10.1. The topological polar surface area (TPSA) is 66.9 Å². The number of rotatable bonds is 4. The lowest BCUT2D eigenvalue weighted by Gasteiger charge is -2.31. The van der Waals surface area contributed by atoms with Gasteiger partial charge in [-0.15, -0.1) is 0 Å².